The number of amides is 1. The first-order valence-corrected chi connectivity index (χ1v) is 7.49. The van der Waals surface area contributed by atoms with Gasteiger partial charge in [0.1, 0.15) is 6.54 Å². The molecule has 21 heavy (non-hydrogen) atoms. The van der Waals surface area contributed by atoms with Gasteiger partial charge in [0.2, 0.25) is 0 Å². The van der Waals surface area contributed by atoms with E-state index in [4.69, 9.17) is 5.11 Å². The molecule has 2 aliphatic rings. The van der Waals surface area contributed by atoms with Crippen molar-refractivity contribution in [1.82, 2.24) is 19.9 Å². The number of nitrogens with zero attached hydrogens (tertiary/aromatic N) is 4. The molecule has 1 N–H and O–H groups in total. The van der Waals surface area contributed by atoms with Gasteiger partial charge in [-0.15, -0.1) is 5.10 Å². The number of carboxylic acid groups (broad SMARTS) is 1. The minimum Gasteiger partial charge on any atom is -0.480 e. The minimum absolute atomic E-state index is 0.139. The van der Waals surface area contributed by atoms with Crippen molar-refractivity contribution in [1.29, 1.82) is 0 Å². The zero-order chi connectivity index (χ0) is 14.9. The number of hydrogen-bond acceptors (Lipinski definition) is 4. The lowest BCUT2D eigenvalue weighted by atomic mass is 9.77. The lowest BCUT2D eigenvalue weighted by molar-refractivity contribution is -0.137. The van der Waals surface area contributed by atoms with Gasteiger partial charge in [-0.3, -0.25) is 9.59 Å². The summed E-state index contributed by atoms with van der Waals surface area (Å²) < 4.78 is 1.18. The van der Waals surface area contributed by atoms with E-state index in [0.717, 1.165) is 25.9 Å². The zero-order valence-corrected chi connectivity index (χ0v) is 12.0. The van der Waals surface area contributed by atoms with E-state index in [0.29, 0.717) is 5.41 Å². The van der Waals surface area contributed by atoms with E-state index >= 15 is 0 Å². The van der Waals surface area contributed by atoms with Crippen molar-refractivity contribution >= 4 is 11.9 Å². The van der Waals surface area contributed by atoms with Crippen molar-refractivity contribution in [3.8, 4) is 0 Å². The van der Waals surface area contributed by atoms with Gasteiger partial charge in [-0.1, -0.05) is 18.1 Å². The molecule has 0 aromatic carbocycles. The number of rotatable bonds is 3. The maximum absolute atomic E-state index is 12.4. The number of carbonyl (C=O) groups is 2. The van der Waals surface area contributed by atoms with Crippen molar-refractivity contribution in [3.63, 3.8) is 0 Å². The molecule has 1 spiro atoms. The summed E-state index contributed by atoms with van der Waals surface area (Å²) in [4.78, 5) is 24.8. The van der Waals surface area contributed by atoms with E-state index < -0.39 is 5.97 Å². The van der Waals surface area contributed by atoms with E-state index in [1.807, 2.05) is 4.90 Å². The van der Waals surface area contributed by atoms with Crippen LogP contribution in [-0.2, 0) is 11.3 Å². The summed E-state index contributed by atoms with van der Waals surface area (Å²) in [6.45, 7) is 1.26. The van der Waals surface area contributed by atoms with E-state index in [1.165, 1.54) is 36.6 Å². The van der Waals surface area contributed by atoms with Gasteiger partial charge in [0.15, 0.2) is 5.69 Å². The summed E-state index contributed by atoms with van der Waals surface area (Å²) in [6, 6.07) is 0. The van der Waals surface area contributed by atoms with Crippen LogP contribution >= 0.6 is 0 Å². The summed E-state index contributed by atoms with van der Waals surface area (Å²) in [5.74, 6) is -1.14. The van der Waals surface area contributed by atoms with Crippen molar-refractivity contribution in [2.75, 3.05) is 13.1 Å². The number of likely N-dealkylation sites (tertiary alicyclic amines) is 1. The first kappa shape index (κ1) is 14.0. The number of carbonyl (C=O) groups excluding carboxylic acids is 1. The number of aliphatic carboxylic acids is 1. The van der Waals surface area contributed by atoms with Crippen LogP contribution in [0.2, 0.25) is 0 Å². The van der Waals surface area contributed by atoms with Crippen LogP contribution in [0.3, 0.4) is 0 Å². The molecule has 114 valence electrons. The average Bonchev–Trinajstić information content (AvgIpc) is 3.09. The molecule has 1 aliphatic carbocycles. The lowest BCUT2D eigenvalue weighted by Gasteiger charge is -2.39. The first-order valence-electron chi connectivity index (χ1n) is 7.49. The molecule has 1 aromatic rings. The summed E-state index contributed by atoms with van der Waals surface area (Å²) in [5, 5.41) is 16.2. The molecule has 7 heteroatoms. The second-order valence-corrected chi connectivity index (χ2v) is 6.19. The molecule has 1 saturated heterocycles. The van der Waals surface area contributed by atoms with Crippen LogP contribution < -0.4 is 0 Å². The predicted octanol–water partition coefficient (Wildman–Crippen LogP) is 1.16. The molecule has 1 amide bonds. The summed E-state index contributed by atoms with van der Waals surface area (Å²) in [6.07, 6.45) is 8.78. The largest absolute Gasteiger partial charge is 0.480 e. The Labute approximate surface area is 122 Å². The van der Waals surface area contributed by atoms with Gasteiger partial charge >= 0.3 is 5.97 Å². The Bertz CT molecular complexity index is 538. The third-order valence-corrected chi connectivity index (χ3v) is 4.83. The molecule has 2 heterocycles. The van der Waals surface area contributed by atoms with Crippen molar-refractivity contribution in [2.45, 2.75) is 45.1 Å². The third-order valence-electron chi connectivity index (χ3n) is 4.83. The number of hydrogen-bond donors (Lipinski definition) is 1. The maximum Gasteiger partial charge on any atom is 0.325 e. The standard InChI is InChI=1S/C14H20N4O3/c19-12(20)10-18-9-11(15-16-18)13(21)17-7-5-14(6-8-17)3-1-2-4-14/h9H,1-8,10H2,(H,19,20). The Balaban J connectivity index is 1.61. The van der Waals surface area contributed by atoms with Crippen LogP contribution in [0.4, 0.5) is 0 Å². The van der Waals surface area contributed by atoms with Gasteiger partial charge in [-0.2, -0.15) is 0 Å². The second-order valence-electron chi connectivity index (χ2n) is 6.19. The van der Waals surface area contributed by atoms with Crippen LogP contribution in [-0.4, -0.2) is 50.0 Å². The number of aromatic nitrogens is 3. The van der Waals surface area contributed by atoms with Gasteiger partial charge in [0.25, 0.3) is 5.91 Å². The third kappa shape index (κ3) is 2.91. The van der Waals surface area contributed by atoms with Crippen LogP contribution in [0.1, 0.15) is 49.0 Å². The highest BCUT2D eigenvalue weighted by Gasteiger charge is 2.38. The monoisotopic (exact) mass is 292 g/mol. The van der Waals surface area contributed by atoms with Gasteiger partial charge < -0.3 is 10.0 Å². The average molecular weight is 292 g/mol. The molecule has 1 aromatic heterocycles. The first-order chi connectivity index (χ1) is 10.1. The highest BCUT2D eigenvalue weighted by Crippen LogP contribution is 2.46. The molecule has 1 aliphatic heterocycles. The van der Waals surface area contributed by atoms with Crippen LogP contribution in [0.25, 0.3) is 0 Å². The minimum atomic E-state index is -1.000. The van der Waals surface area contributed by atoms with Crippen LogP contribution in [0, 0.1) is 5.41 Å². The lowest BCUT2D eigenvalue weighted by Crippen LogP contribution is -2.42. The Hall–Kier alpha value is -1.92. The van der Waals surface area contributed by atoms with Crippen LogP contribution in [0.15, 0.2) is 6.20 Å². The molecular formula is C14H20N4O3. The summed E-state index contributed by atoms with van der Waals surface area (Å²) >= 11 is 0. The summed E-state index contributed by atoms with van der Waals surface area (Å²) in [7, 11) is 0. The second kappa shape index (κ2) is 5.46. The Kier molecular flexibility index (Phi) is 3.65. The summed E-state index contributed by atoms with van der Waals surface area (Å²) in [5.41, 5.74) is 0.705. The van der Waals surface area contributed by atoms with Gasteiger partial charge in [-0.25, -0.2) is 4.68 Å². The normalized spacial score (nSPS) is 20.9. The Morgan fingerprint density at radius 1 is 1.19 bits per heavy atom. The van der Waals surface area contributed by atoms with E-state index in [2.05, 4.69) is 10.3 Å². The van der Waals surface area contributed by atoms with Crippen molar-refractivity contribution < 1.29 is 14.7 Å². The van der Waals surface area contributed by atoms with Gasteiger partial charge in [0, 0.05) is 13.1 Å². The molecule has 3 rings (SSSR count). The number of carboxylic acids is 1. The topological polar surface area (TPSA) is 88.3 Å². The highest BCUT2D eigenvalue weighted by atomic mass is 16.4. The van der Waals surface area contributed by atoms with Crippen molar-refractivity contribution in [2.24, 2.45) is 5.41 Å². The van der Waals surface area contributed by atoms with Gasteiger partial charge in [-0.05, 0) is 31.1 Å². The van der Waals surface area contributed by atoms with Crippen LogP contribution in [0.5, 0.6) is 0 Å². The highest BCUT2D eigenvalue weighted by molar-refractivity contribution is 5.92. The van der Waals surface area contributed by atoms with E-state index in [1.54, 1.807) is 0 Å². The van der Waals surface area contributed by atoms with E-state index in [-0.39, 0.29) is 18.1 Å². The molecule has 7 nitrogen and oxygen atoms in total. The van der Waals surface area contributed by atoms with E-state index in [9.17, 15) is 9.59 Å². The molecule has 2 fully saturated rings. The number of piperidine rings is 1. The SMILES string of the molecule is O=C(O)Cn1cc(C(=O)N2CCC3(CCCC3)CC2)nn1. The molecule has 0 unspecified atom stereocenters. The molecular weight excluding hydrogens is 272 g/mol. The quantitative estimate of drug-likeness (QED) is 0.903. The molecule has 0 atom stereocenters. The smallest absolute Gasteiger partial charge is 0.325 e. The fourth-order valence-corrected chi connectivity index (χ4v) is 3.58. The molecule has 0 radical (unpaired) electrons. The fourth-order valence-electron chi connectivity index (χ4n) is 3.58. The predicted molar refractivity (Wildman–Crippen MR) is 73.7 cm³/mol. The Morgan fingerprint density at radius 3 is 2.48 bits per heavy atom. The fraction of sp³-hybridized carbons (Fsp3) is 0.714. The molecule has 1 saturated carbocycles. The van der Waals surface area contributed by atoms with Gasteiger partial charge in [0.05, 0.1) is 6.20 Å². The zero-order valence-electron chi connectivity index (χ0n) is 12.0. The Morgan fingerprint density at radius 2 is 1.86 bits per heavy atom. The maximum atomic E-state index is 12.4. The molecule has 0 bridgehead atoms. The van der Waals surface area contributed by atoms with Crippen molar-refractivity contribution in [3.05, 3.63) is 11.9 Å².